The normalized spacial score (nSPS) is 11.0. The summed E-state index contributed by atoms with van der Waals surface area (Å²) in [6.45, 7) is 3.31. The van der Waals surface area contributed by atoms with Gasteiger partial charge in [0.2, 0.25) is 5.82 Å². The summed E-state index contributed by atoms with van der Waals surface area (Å²) in [6.07, 6.45) is 0. The average Bonchev–Trinajstić information content (AvgIpc) is 2.69. The molecule has 0 unspecified atom stereocenters. The molecule has 0 bridgehead atoms. The molecule has 0 atom stereocenters. The second kappa shape index (κ2) is 5.34. The molecule has 0 aliphatic heterocycles. The number of anilines is 1. The zero-order valence-corrected chi connectivity index (χ0v) is 11.5. The third-order valence-electron chi connectivity index (χ3n) is 3.31. The van der Waals surface area contributed by atoms with Crippen LogP contribution in [0.3, 0.4) is 0 Å². The molecule has 1 aromatic heterocycles. The van der Waals surface area contributed by atoms with Crippen LogP contribution in [0, 0.1) is 42.9 Å². The van der Waals surface area contributed by atoms with Crippen LogP contribution in [-0.4, -0.2) is 9.78 Å². The van der Waals surface area contributed by atoms with Crippen LogP contribution in [0.5, 0.6) is 0 Å². The summed E-state index contributed by atoms with van der Waals surface area (Å²) in [6, 6.07) is 0. The molecule has 0 fully saturated rings. The lowest BCUT2D eigenvalue weighted by atomic mass is 10.2. The van der Waals surface area contributed by atoms with E-state index in [0.717, 1.165) is 5.69 Å². The molecule has 1 N–H and O–H groups in total. The van der Waals surface area contributed by atoms with Crippen LogP contribution in [0.4, 0.5) is 27.6 Å². The Morgan fingerprint density at radius 3 is 1.81 bits per heavy atom. The minimum Gasteiger partial charge on any atom is -0.376 e. The molecule has 0 spiro atoms. The van der Waals surface area contributed by atoms with Crippen molar-refractivity contribution in [1.29, 1.82) is 0 Å². The van der Waals surface area contributed by atoms with Gasteiger partial charge in [0.05, 0.1) is 5.69 Å². The number of hydrogen-bond donors (Lipinski definition) is 1. The second-order valence-electron chi connectivity index (χ2n) is 4.57. The van der Waals surface area contributed by atoms with E-state index < -0.39 is 34.8 Å². The lowest BCUT2D eigenvalue weighted by molar-refractivity contribution is 0.381. The van der Waals surface area contributed by atoms with E-state index in [0.29, 0.717) is 11.3 Å². The summed E-state index contributed by atoms with van der Waals surface area (Å²) in [5, 5.41) is 6.35. The van der Waals surface area contributed by atoms with Gasteiger partial charge in [-0.1, -0.05) is 0 Å². The molecule has 0 amide bonds. The van der Waals surface area contributed by atoms with Crippen molar-refractivity contribution in [2.75, 3.05) is 5.32 Å². The fourth-order valence-electron chi connectivity index (χ4n) is 2.01. The van der Waals surface area contributed by atoms with Gasteiger partial charge in [0.15, 0.2) is 23.3 Å². The van der Waals surface area contributed by atoms with Crippen LogP contribution in [0.2, 0.25) is 0 Å². The minimum absolute atomic E-state index is 0.107. The quantitative estimate of drug-likeness (QED) is 0.535. The first-order valence-corrected chi connectivity index (χ1v) is 6.00. The Morgan fingerprint density at radius 2 is 1.38 bits per heavy atom. The average molecular weight is 305 g/mol. The van der Waals surface area contributed by atoms with Gasteiger partial charge in [-0.25, -0.2) is 22.0 Å². The van der Waals surface area contributed by atoms with Crippen molar-refractivity contribution < 1.29 is 22.0 Å². The molecule has 2 aromatic rings. The molecule has 0 aliphatic carbocycles. The highest BCUT2D eigenvalue weighted by Crippen LogP contribution is 2.28. The van der Waals surface area contributed by atoms with Gasteiger partial charge in [0.25, 0.3) is 0 Å². The van der Waals surface area contributed by atoms with Gasteiger partial charge >= 0.3 is 0 Å². The number of hydrogen-bond acceptors (Lipinski definition) is 2. The fourth-order valence-corrected chi connectivity index (χ4v) is 2.01. The highest BCUT2D eigenvalue weighted by atomic mass is 19.2. The molecule has 21 heavy (non-hydrogen) atoms. The lowest BCUT2D eigenvalue weighted by Crippen LogP contribution is -2.10. The van der Waals surface area contributed by atoms with Crippen LogP contribution in [-0.2, 0) is 13.6 Å². The van der Waals surface area contributed by atoms with Crippen molar-refractivity contribution in [3.63, 3.8) is 0 Å². The monoisotopic (exact) mass is 305 g/mol. The Labute approximate surface area is 117 Å². The summed E-state index contributed by atoms with van der Waals surface area (Å²) < 4.78 is 67.6. The maximum absolute atomic E-state index is 13.5. The highest BCUT2D eigenvalue weighted by Gasteiger charge is 2.25. The van der Waals surface area contributed by atoms with Gasteiger partial charge in [-0.15, -0.1) is 0 Å². The largest absolute Gasteiger partial charge is 0.376 e. The number of nitrogens with zero attached hydrogens (tertiary/aromatic N) is 2. The first kappa shape index (κ1) is 15.3. The lowest BCUT2D eigenvalue weighted by Gasteiger charge is -2.11. The molecular formula is C13H12F5N3. The molecule has 2 rings (SSSR count). The molecule has 0 saturated heterocycles. The number of halogens is 5. The summed E-state index contributed by atoms with van der Waals surface area (Å²) >= 11 is 0. The molecule has 0 aliphatic rings. The maximum atomic E-state index is 13.5. The Bertz CT molecular complexity index is 680. The number of rotatable bonds is 3. The molecule has 1 aromatic carbocycles. The van der Waals surface area contributed by atoms with E-state index in [-0.39, 0.29) is 6.54 Å². The standard InChI is InChI=1S/C13H12F5N3/c1-5-7(6(2)21(3)20-5)4-19-13-11(17)9(15)8(14)10(16)12(13)18/h19H,4H2,1-3H3. The predicted molar refractivity (Wildman–Crippen MR) is 66.2 cm³/mol. The number of aromatic nitrogens is 2. The van der Waals surface area contributed by atoms with E-state index in [1.807, 2.05) is 0 Å². The molecule has 8 heteroatoms. The van der Waals surface area contributed by atoms with Crippen LogP contribution >= 0.6 is 0 Å². The summed E-state index contributed by atoms with van der Waals surface area (Å²) in [5.41, 5.74) is 0.908. The van der Waals surface area contributed by atoms with Crippen LogP contribution in [0.15, 0.2) is 0 Å². The van der Waals surface area contributed by atoms with Crippen molar-refractivity contribution >= 4 is 5.69 Å². The second-order valence-corrected chi connectivity index (χ2v) is 4.57. The number of aryl methyl sites for hydroxylation is 2. The highest BCUT2D eigenvalue weighted by molar-refractivity contribution is 5.48. The Morgan fingerprint density at radius 1 is 0.905 bits per heavy atom. The molecule has 114 valence electrons. The van der Waals surface area contributed by atoms with E-state index in [1.54, 1.807) is 25.6 Å². The summed E-state index contributed by atoms with van der Waals surface area (Å²) in [7, 11) is 1.68. The van der Waals surface area contributed by atoms with Crippen molar-refractivity contribution in [2.45, 2.75) is 20.4 Å². The van der Waals surface area contributed by atoms with Crippen LogP contribution in [0.25, 0.3) is 0 Å². The SMILES string of the molecule is Cc1nn(C)c(C)c1CNc1c(F)c(F)c(F)c(F)c1F. The third kappa shape index (κ3) is 2.45. The van der Waals surface area contributed by atoms with Gasteiger partial charge < -0.3 is 5.32 Å². The van der Waals surface area contributed by atoms with Gasteiger partial charge in [0.1, 0.15) is 5.69 Å². The van der Waals surface area contributed by atoms with E-state index in [9.17, 15) is 22.0 Å². The summed E-state index contributed by atoms with van der Waals surface area (Å²) in [4.78, 5) is 0. The smallest absolute Gasteiger partial charge is 0.200 e. The molecule has 0 radical (unpaired) electrons. The first-order chi connectivity index (χ1) is 9.75. The minimum atomic E-state index is -2.18. The zero-order chi connectivity index (χ0) is 15.9. The molecule has 3 nitrogen and oxygen atoms in total. The Hall–Kier alpha value is -2.12. The van der Waals surface area contributed by atoms with E-state index in [1.165, 1.54) is 0 Å². The van der Waals surface area contributed by atoms with Gasteiger partial charge in [-0.3, -0.25) is 4.68 Å². The van der Waals surface area contributed by atoms with Gasteiger partial charge in [-0.05, 0) is 13.8 Å². The fraction of sp³-hybridized carbons (Fsp3) is 0.308. The number of nitrogens with one attached hydrogen (secondary N) is 1. The van der Waals surface area contributed by atoms with Crippen molar-refractivity contribution in [3.8, 4) is 0 Å². The molecular weight excluding hydrogens is 293 g/mol. The van der Waals surface area contributed by atoms with Crippen molar-refractivity contribution in [3.05, 3.63) is 46.0 Å². The van der Waals surface area contributed by atoms with Crippen LogP contribution < -0.4 is 5.32 Å². The van der Waals surface area contributed by atoms with Gasteiger partial charge in [-0.2, -0.15) is 5.10 Å². The molecule has 1 heterocycles. The van der Waals surface area contributed by atoms with E-state index in [4.69, 9.17) is 0 Å². The number of benzene rings is 1. The zero-order valence-electron chi connectivity index (χ0n) is 11.5. The Kier molecular flexibility index (Phi) is 3.89. The van der Waals surface area contributed by atoms with Crippen molar-refractivity contribution in [2.24, 2.45) is 7.05 Å². The van der Waals surface area contributed by atoms with Gasteiger partial charge in [0, 0.05) is 24.8 Å². The van der Waals surface area contributed by atoms with E-state index >= 15 is 0 Å². The van der Waals surface area contributed by atoms with Crippen LogP contribution in [0.1, 0.15) is 17.0 Å². The molecule has 0 saturated carbocycles. The first-order valence-electron chi connectivity index (χ1n) is 6.00. The summed E-state index contributed by atoms with van der Waals surface area (Å²) in [5.74, 6) is -9.90. The Balaban J connectivity index is 2.37. The third-order valence-corrected chi connectivity index (χ3v) is 3.31. The van der Waals surface area contributed by atoms with E-state index in [2.05, 4.69) is 10.4 Å². The maximum Gasteiger partial charge on any atom is 0.200 e. The predicted octanol–water partition coefficient (Wildman–Crippen LogP) is 3.34. The van der Waals surface area contributed by atoms with Crippen molar-refractivity contribution in [1.82, 2.24) is 9.78 Å². The topological polar surface area (TPSA) is 29.9 Å².